The van der Waals surface area contributed by atoms with Crippen molar-refractivity contribution in [2.45, 2.75) is 6.54 Å². The summed E-state index contributed by atoms with van der Waals surface area (Å²) in [6.07, 6.45) is 2.52. The summed E-state index contributed by atoms with van der Waals surface area (Å²) >= 11 is 0. The van der Waals surface area contributed by atoms with Crippen LogP contribution in [0.2, 0.25) is 0 Å². The van der Waals surface area contributed by atoms with Crippen LogP contribution in [0.4, 0.5) is 14.5 Å². The van der Waals surface area contributed by atoms with E-state index in [0.29, 0.717) is 0 Å². The lowest BCUT2D eigenvalue weighted by atomic mass is 10.1. The predicted molar refractivity (Wildman–Crippen MR) is 85.5 cm³/mol. The van der Waals surface area contributed by atoms with Gasteiger partial charge in [0.25, 0.3) is 11.6 Å². The zero-order chi connectivity index (χ0) is 18.7. The smallest absolute Gasteiger partial charge is 0.295 e. The molecule has 0 spiro atoms. The fraction of sp³-hybridized carbons (Fsp3) is 0.0625. The van der Waals surface area contributed by atoms with Crippen molar-refractivity contribution in [3.8, 4) is 5.69 Å². The highest BCUT2D eigenvalue weighted by Gasteiger charge is 2.19. The maximum Gasteiger partial charge on any atom is 0.295 e. The molecule has 0 unspecified atom stereocenters. The normalized spacial score (nSPS) is 10.5. The van der Waals surface area contributed by atoms with Gasteiger partial charge in [-0.15, -0.1) is 0 Å². The molecule has 1 N–H and O–H groups in total. The zero-order valence-corrected chi connectivity index (χ0v) is 13.1. The number of carbonyl (C=O) groups excluding carboxylic acids is 1. The van der Waals surface area contributed by atoms with Gasteiger partial charge in [0.1, 0.15) is 30.0 Å². The summed E-state index contributed by atoms with van der Waals surface area (Å²) in [6.45, 7) is -0.133. The quantitative estimate of drug-likeness (QED) is 0.556. The molecule has 2 aromatic carbocycles. The van der Waals surface area contributed by atoms with Gasteiger partial charge in [0.05, 0.1) is 4.92 Å². The minimum atomic E-state index is -0.762. The molecule has 8 nitrogen and oxygen atoms in total. The molecule has 0 saturated heterocycles. The van der Waals surface area contributed by atoms with Crippen molar-refractivity contribution in [2.24, 2.45) is 0 Å². The summed E-state index contributed by atoms with van der Waals surface area (Å²) in [5, 5.41) is 17.6. The van der Waals surface area contributed by atoms with Gasteiger partial charge in [-0.2, -0.15) is 5.10 Å². The lowest BCUT2D eigenvalue weighted by Gasteiger charge is -2.08. The fourth-order valence-electron chi connectivity index (χ4n) is 2.33. The number of amides is 1. The number of nitro benzene ring substituents is 1. The van der Waals surface area contributed by atoms with Crippen molar-refractivity contribution >= 4 is 11.6 Å². The second kappa shape index (κ2) is 7.05. The van der Waals surface area contributed by atoms with E-state index in [4.69, 9.17) is 0 Å². The zero-order valence-electron chi connectivity index (χ0n) is 13.1. The van der Waals surface area contributed by atoms with Crippen LogP contribution in [-0.4, -0.2) is 25.6 Å². The van der Waals surface area contributed by atoms with E-state index in [-0.39, 0.29) is 29.0 Å². The number of hydrogen-bond donors (Lipinski definition) is 1. The third-order valence-electron chi connectivity index (χ3n) is 3.48. The van der Waals surface area contributed by atoms with Crippen LogP contribution < -0.4 is 5.32 Å². The van der Waals surface area contributed by atoms with Crippen molar-refractivity contribution in [1.82, 2.24) is 20.1 Å². The number of halogens is 2. The van der Waals surface area contributed by atoms with E-state index in [0.717, 1.165) is 24.3 Å². The molecule has 10 heteroatoms. The van der Waals surface area contributed by atoms with Crippen LogP contribution in [0.1, 0.15) is 15.9 Å². The number of nitro groups is 1. The summed E-state index contributed by atoms with van der Waals surface area (Å²) in [7, 11) is 0. The van der Waals surface area contributed by atoms with Gasteiger partial charge in [-0.05, 0) is 29.8 Å². The van der Waals surface area contributed by atoms with Crippen LogP contribution in [0, 0.1) is 21.7 Å². The molecule has 1 aromatic heterocycles. The Morgan fingerprint density at radius 1 is 1.19 bits per heavy atom. The second-order valence-electron chi connectivity index (χ2n) is 5.26. The Balaban J connectivity index is 1.81. The average molecular weight is 359 g/mol. The lowest BCUT2D eigenvalue weighted by Crippen LogP contribution is -2.23. The van der Waals surface area contributed by atoms with Crippen molar-refractivity contribution in [2.75, 3.05) is 0 Å². The monoisotopic (exact) mass is 359 g/mol. The van der Waals surface area contributed by atoms with Crippen molar-refractivity contribution in [3.63, 3.8) is 0 Å². The minimum absolute atomic E-state index is 0.0254. The van der Waals surface area contributed by atoms with Crippen LogP contribution in [0.3, 0.4) is 0 Å². The molecular formula is C16H11F2N5O3. The summed E-state index contributed by atoms with van der Waals surface area (Å²) in [6, 6.07) is 6.73. The summed E-state index contributed by atoms with van der Waals surface area (Å²) in [5.74, 6) is -2.15. The molecular weight excluding hydrogens is 348 g/mol. The highest BCUT2D eigenvalue weighted by molar-refractivity contribution is 5.95. The molecule has 0 aliphatic heterocycles. The van der Waals surface area contributed by atoms with Crippen molar-refractivity contribution in [3.05, 3.63) is 81.9 Å². The van der Waals surface area contributed by atoms with E-state index in [1.807, 2.05) is 0 Å². The van der Waals surface area contributed by atoms with E-state index < -0.39 is 22.5 Å². The molecule has 132 valence electrons. The van der Waals surface area contributed by atoms with Gasteiger partial charge in [-0.3, -0.25) is 14.9 Å². The first kappa shape index (κ1) is 17.1. The minimum Gasteiger partial charge on any atom is -0.348 e. The molecule has 1 heterocycles. The van der Waals surface area contributed by atoms with E-state index in [1.165, 1.54) is 29.5 Å². The van der Waals surface area contributed by atoms with Gasteiger partial charge in [-0.1, -0.05) is 0 Å². The Labute approximate surface area is 145 Å². The Kier molecular flexibility index (Phi) is 4.65. The van der Waals surface area contributed by atoms with Gasteiger partial charge in [-0.25, -0.2) is 18.4 Å². The molecule has 0 saturated carbocycles. The predicted octanol–water partition coefficient (Wildman–Crippen LogP) is 2.38. The van der Waals surface area contributed by atoms with Gasteiger partial charge >= 0.3 is 0 Å². The summed E-state index contributed by atoms with van der Waals surface area (Å²) in [5.41, 5.74) is 0.0678. The van der Waals surface area contributed by atoms with Crippen LogP contribution in [-0.2, 0) is 6.54 Å². The van der Waals surface area contributed by atoms with Crippen molar-refractivity contribution in [1.29, 1.82) is 0 Å². The number of nitrogens with zero attached hydrogens (tertiary/aromatic N) is 4. The SMILES string of the molecule is O=C(NCc1cc(F)cc(F)c1)c1ccc(-n2cncn2)c([N+](=O)[O-])c1. The number of aromatic nitrogens is 3. The van der Waals surface area contributed by atoms with E-state index in [9.17, 15) is 23.7 Å². The van der Waals surface area contributed by atoms with Crippen LogP contribution >= 0.6 is 0 Å². The van der Waals surface area contributed by atoms with E-state index in [1.54, 1.807) is 0 Å². The maximum atomic E-state index is 13.2. The lowest BCUT2D eigenvalue weighted by molar-refractivity contribution is -0.384. The highest BCUT2D eigenvalue weighted by atomic mass is 19.1. The molecule has 0 radical (unpaired) electrons. The standard InChI is InChI=1S/C16H11F2N5O3/c17-12-3-10(4-13(18)6-12)7-20-16(24)11-1-2-14(15(5-11)23(25)26)22-9-19-8-21-22/h1-6,8-9H,7H2,(H,20,24). The highest BCUT2D eigenvalue weighted by Crippen LogP contribution is 2.23. The Bertz CT molecular complexity index is 956. The molecule has 0 aliphatic carbocycles. The van der Waals surface area contributed by atoms with E-state index in [2.05, 4.69) is 15.4 Å². The van der Waals surface area contributed by atoms with Crippen LogP contribution in [0.25, 0.3) is 5.69 Å². The van der Waals surface area contributed by atoms with Crippen LogP contribution in [0.5, 0.6) is 0 Å². The molecule has 1 amide bonds. The first-order chi connectivity index (χ1) is 12.4. The second-order valence-corrected chi connectivity index (χ2v) is 5.26. The molecule has 0 atom stereocenters. The molecule has 0 aliphatic rings. The van der Waals surface area contributed by atoms with Crippen LogP contribution in [0.15, 0.2) is 49.1 Å². The molecule has 0 bridgehead atoms. The number of benzene rings is 2. The van der Waals surface area contributed by atoms with Gasteiger partial charge in [0, 0.05) is 24.2 Å². The first-order valence-electron chi connectivity index (χ1n) is 7.30. The number of hydrogen-bond acceptors (Lipinski definition) is 5. The van der Waals surface area contributed by atoms with Crippen molar-refractivity contribution < 1.29 is 18.5 Å². The number of nitrogens with one attached hydrogen (secondary N) is 1. The third kappa shape index (κ3) is 3.69. The number of carbonyl (C=O) groups is 1. The Morgan fingerprint density at radius 2 is 1.92 bits per heavy atom. The summed E-state index contributed by atoms with van der Waals surface area (Å²) in [4.78, 5) is 26.6. The maximum absolute atomic E-state index is 13.2. The Hall–Kier alpha value is -3.69. The third-order valence-corrected chi connectivity index (χ3v) is 3.48. The average Bonchev–Trinajstić information content (AvgIpc) is 3.12. The molecule has 26 heavy (non-hydrogen) atoms. The summed E-state index contributed by atoms with van der Waals surface area (Å²) < 4.78 is 27.5. The largest absolute Gasteiger partial charge is 0.348 e. The van der Waals surface area contributed by atoms with Gasteiger partial charge < -0.3 is 5.32 Å². The first-order valence-corrected chi connectivity index (χ1v) is 7.30. The molecule has 0 fully saturated rings. The molecule has 3 rings (SSSR count). The van der Waals surface area contributed by atoms with E-state index >= 15 is 0 Å². The Morgan fingerprint density at radius 3 is 2.54 bits per heavy atom. The number of rotatable bonds is 5. The van der Waals surface area contributed by atoms with Gasteiger partial charge in [0.2, 0.25) is 0 Å². The fourth-order valence-corrected chi connectivity index (χ4v) is 2.33. The molecule has 3 aromatic rings. The van der Waals surface area contributed by atoms with Gasteiger partial charge in [0.15, 0.2) is 0 Å². The topological polar surface area (TPSA) is 103 Å².